The summed E-state index contributed by atoms with van der Waals surface area (Å²) in [6.45, 7) is 2.17. The van der Waals surface area contributed by atoms with E-state index in [0.717, 1.165) is 16.5 Å². The van der Waals surface area contributed by atoms with Gasteiger partial charge in [-0.05, 0) is 36.2 Å². The summed E-state index contributed by atoms with van der Waals surface area (Å²) in [6, 6.07) is 18.6. The Hall–Kier alpha value is -1.52. The third kappa shape index (κ3) is 3.48. The third-order valence-corrected chi connectivity index (χ3v) is 3.37. The Morgan fingerprint density at radius 2 is 1.67 bits per heavy atom. The second-order valence-corrected chi connectivity index (χ2v) is 5.06. The van der Waals surface area contributed by atoms with Gasteiger partial charge in [0, 0.05) is 16.0 Å². The van der Waals surface area contributed by atoms with E-state index in [9.17, 15) is 0 Å². The van der Waals surface area contributed by atoms with Gasteiger partial charge in [-0.1, -0.05) is 65.0 Å². The van der Waals surface area contributed by atoms with Crippen molar-refractivity contribution in [3.63, 3.8) is 0 Å². The van der Waals surface area contributed by atoms with Crippen molar-refractivity contribution >= 4 is 15.9 Å². The van der Waals surface area contributed by atoms with Crippen molar-refractivity contribution in [2.24, 2.45) is 0 Å². The van der Waals surface area contributed by atoms with Gasteiger partial charge < -0.3 is 0 Å². The second-order valence-electron chi connectivity index (χ2n) is 4.15. The number of halogens is 1. The average molecular weight is 299 g/mol. The lowest BCUT2D eigenvalue weighted by molar-refractivity contribution is 0.830. The first-order valence-corrected chi connectivity index (χ1v) is 6.91. The number of hydrogen-bond donors (Lipinski definition) is 0. The van der Waals surface area contributed by atoms with E-state index in [-0.39, 0.29) is 0 Å². The summed E-state index contributed by atoms with van der Waals surface area (Å²) >= 11 is 3.43. The van der Waals surface area contributed by atoms with Gasteiger partial charge in [0.25, 0.3) is 0 Å². The van der Waals surface area contributed by atoms with Crippen molar-refractivity contribution in [1.82, 2.24) is 0 Å². The molecule has 0 aliphatic carbocycles. The zero-order valence-electron chi connectivity index (χ0n) is 10.4. The smallest absolute Gasteiger partial charge is 0.0453 e. The van der Waals surface area contributed by atoms with Gasteiger partial charge in [0.1, 0.15) is 0 Å². The van der Waals surface area contributed by atoms with E-state index in [1.54, 1.807) is 0 Å². The molecule has 0 heterocycles. The summed E-state index contributed by atoms with van der Waals surface area (Å²) < 4.78 is 1.09. The van der Waals surface area contributed by atoms with E-state index in [1.807, 2.05) is 30.3 Å². The van der Waals surface area contributed by atoms with Crippen LogP contribution in [0.25, 0.3) is 0 Å². The maximum absolute atomic E-state index is 3.43. The Morgan fingerprint density at radius 1 is 1.00 bits per heavy atom. The van der Waals surface area contributed by atoms with Crippen LogP contribution in [0.3, 0.4) is 0 Å². The summed E-state index contributed by atoms with van der Waals surface area (Å²) in [5.74, 6) is 6.92. The van der Waals surface area contributed by atoms with Crippen molar-refractivity contribution in [2.75, 3.05) is 0 Å². The number of benzene rings is 2. The van der Waals surface area contributed by atoms with E-state index in [2.05, 4.69) is 59.0 Å². The Kier molecular flexibility index (Phi) is 4.61. The van der Waals surface area contributed by atoms with Crippen LogP contribution in [0.15, 0.2) is 59.1 Å². The summed E-state index contributed by atoms with van der Waals surface area (Å²) in [4.78, 5) is 0. The highest BCUT2D eigenvalue weighted by Gasteiger charge is 2.03. The molecule has 0 aliphatic heterocycles. The molecule has 0 saturated heterocycles. The standard InChI is InChI=1S/C17H15Br/c1-2-15(16-6-4-3-5-7-16)11-8-14-9-12-17(18)13-10-14/h3-7,9-10,12-13,15H,2H2,1H3/t15-/m0/s1. The fraction of sp³-hybridized carbons (Fsp3) is 0.176. The van der Waals surface area contributed by atoms with Gasteiger partial charge in [-0.2, -0.15) is 0 Å². The first-order chi connectivity index (χ1) is 8.79. The highest BCUT2D eigenvalue weighted by Crippen LogP contribution is 2.18. The van der Waals surface area contributed by atoms with Crippen LogP contribution in [0, 0.1) is 11.8 Å². The number of hydrogen-bond acceptors (Lipinski definition) is 0. The molecule has 0 fully saturated rings. The molecular weight excluding hydrogens is 284 g/mol. The minimum Gasteiger partial charge on any atom is -0.0897 e. The minimum absolute atomic E-state index is 0.315. The van der Waals surface area contributed by atoms with Crippen LogP contribution in [0.4, 0.5) is 0 Å². The molecule has 0 N–H and O–H groups in total. The highest BCUT2D eigenvalue weighted by molar-refractivity contribution is 9.10. The average Bonchev–Trinajstić information content (AvgIpc) is 2.43. The predicted molar refractivity (Wildman–Crippen MR) is 80.5 cm³/mol. The third-order valence-electron chi connectivity index (χ3n) is 2.85. The Labute approximate surface area is 117 Å². The van der Waals surface area contributed by atoms with Crippen molar-refractivity contribution in [3.05, 3.63) is 70.2 Å². The highest BCUT2D eigenvalue weighted by atomic mass is 79.9. The molecule has 0 spiro atoms. The monoisotopic (exact) mass is 298 g/mol. The summed E-state index contributed by atoms with van der Waals surface area (Å²) in [5.41, 5.74) is 2.36. The van der Waals surface area contributed by atoms with Crippen LogP contribution in [-0.2, 0) is 0 Å². The molecule has 18 heavy (non-hydrogen) atoms. The quantitative estimate of drug-likeness (QED) is 0.685. The maximum atomic E-state index is 3.43. The molecule has 0 unspecified atom stereocenters. The molecule has 0 aliphatic rings. The van der Waals surface area contributed by atoms with Crippen LogP contribution in [-0.4, -0.2) is 0 Å². The van der Waals surface area contributed by atoms with Gasteiger partial charge >= 0.3 is 0 Å². The first-order valence-electron chi connectivity index (χ1n) is 6.11. The van der Waals surface area contributed by atoms with Gasteiger partial charge in [0.2, 0.25) is 0 Å². The van der Waals surface area contributed by atoms with Crippen LogP contribution < -0.4 is 0 Å². The largest absolute Gasteiger partial charge is 0.0897 e. The molecule has 2 aromatic rings. The van der Waals surface area contributed by atoms with Crippen molar-refractivity contribution < 1.29 is 0 Å². The molecule has 0 radical (unpaired) electrons. The Balaban J connectivity index is 2.19. The zero-order valence-corrected chi connectivity index (χ0v) is 11.9. The van der Waals surface area contributed by atoms with Crippen LogP contribution in [0.5, 0.6) is 0 Å². The van der Waals surface area contributed by atoms with Gasteiger partial charge in [0.15, 0.2) is 0 Å². The fourth-order valence-electron chi connectivity index (χ4n) is 1.81. The van der Waals surface area contributed by atoms with Crippen molar-refractivity contribution in [2.45, 2.75) is 19.3 Å². The predicted octanol–water partition coefficient (Wildman–Crippen LogP) is 4.99. The van der Waals surface area contributed by atoms with E-state index in [0.29, 0.717) is 5.92 Å². The van der Waals surface area contributed by atoms with E-state index in [1.165, 1.54) is 5.56 Å². The van der Waals surface area contributed by atoms with Gasteiger partial charge in [-0.15, -0.1) is 0 Å². The number of rotatable bonds is 2. The summed E-state index contributed by atoms with van der Waals surface area (Å²) in [5, 5.41) is 0. The first kappa shape index (κ1) is 12.9. The Morgan fingerprint density at radius 3 is 2.28 bits per heavy atom. The lowest BCUT2D eigenvalue weighted by Gasteiger charge is -2.07. The molecule has 2 rings (SSSR count). The zero-order chi connectivity index (χ0) is 12.8. The lowest BCUT2D eigenvalue weighted by atomic mass is 9.97. The van der Waals surface area contributed by atoms with E-state index >= 15 is 0 Å². The maximum Gasteiger partial charge on any atom is 0.0453 e. The van der Waals surface area contributed by atoms with Crippen LogP contribution in [0.1, 0.15) is 30.4 Å². The molecule has 0 aromatic heterocycles. The molecule has 90 valence electrons. The van der Waals surface area contributed by atoms with Crippen molar-refractivity contribution in [1.29, 1.82) is 0 Å². The molecule has 0 saturated carbocycles. The SMILES string of the molecule is CC[C@@H](C#Cc1ccc(Br)cc1)c1ccccc1. The molecule has 1 heteroatoms. The van der Waals surface area contributed by atoms with Crippen LogP contribution in [0.2, 0.25) is 0 Å². The summed E-state index contributed by atoms with van der Waals surface area (Å²) in [6.07, 6.45) is 1.04. The molecular formula is C17H15Br. The lowest BCUT2D eigenvalue weighted by Crippen LogP contribution is -1.93. The molecule has 2 aromatic carbocycles. The van der Waals surface area contributed by atoms with E-state index < -0.39 is 0 Å². The summed E-state index contributed by atoms with van der Waals surface area (Å²) in [7, 11) is 0. The van der Waals surface area contributed by atoms with Crippen LogP contribution >= 0.6 is 15.9 Å². The van der Waals surface area contributed by atoms with Gasteiger partial charge in [0.05, 0.1) is 0 Å². The van der Waals surface area contributed by atoms with Gasteiger partial charge in [-0.25, -0.2) is 0 Å². The van der Waals surface area contributed by atoms with Gasteiger partial charge in [-0.3, -0.25) is 0 Å². The minimum atomic E-state index is 0.315. The Bertz CT molecular complexity index is 544. The molecule has 0 nitrogen and oxygen atoms in total. The second kappa shape index (κ2) is 6.42. The molecule has 0 amide bonds. The molecule has 0 bridgehead atoms. The van der Waals surface area contributed by atoms with E-state index in [4.69, 9.17) is 0 Å². The molecule has 1 atom stereocenters. The topological polar surface area (TPSA) is 0 Å². The normalized spacial score (nSPS) is 11.4. The van der Waals surface area contributed by atoms with Crippen molar-refractivity contribution in [3.8, 4) is 11.8 Å². The fourth-order valence-corrected chi connectivity index (χ4v) is 2.07.